The zero-order valence-corrected chi connectivity index (χ0v) is 10.2. The Morgan fingerprint density at radius 1 is 1.12 bits per heavy atom. The maximum atomic E-state index is 12.9. The zero-order chi connectivity index (χ0) is 11.8. The van der Waals surface area contributed by atoms with Crippen molar-refractivity contribution in [3.8, 4) is 0 Å². The van der Waals surface area contributed by atoms with Gasteiger partial charge in [0.1, 0.15) is 5.82 Å². The van der Waals surface area contributed by atoms with E-state index in [4.69, 9.17) is 0 Å². The summed E-state index contributed by atoms with van der Waals surface area (Å²) < 4.78 is 12.9. The van der Waals surface area contributed by atoms with Crippen LogP contribution in [-0.2, 0) is 5.54 Å². The standard InChI is InChI=1S/C13H19FN2/c1-13(10-15(2)8-9-16(13)3)11-4-6-12(14)7-5-11/h4-7H,8-10H2,1-3H3. The predicted octanol–water partition coefficient (Wildman–Crippen LogP) is 1.92. The van der Waals surface area contributed by atoms with Crippen molar-refractivity contribution in [2.75, 3.05) is 33.7 Å². The molecule has 0 aliphatic carbocycles. The largest absolute Gasteiger partial charge is 0.303 e. The van der Waals surface area contributed by atoms with Gasteiger partial charge in [0.05, 0.1) is 5.54 Å². The highest BCUT2D eigenvalue weighted by atomic mass is 19.1. The van der Waals surface area contributed by atoms with Gasteiger partial charge in [0.15, 0.2) is 0 Å². The quantitative estimate of drug-likeness (QED) is 0.716. The highest BCUT2D eigenvalue weighted by Crippen LogP contribution is 2.30. The first-order chi connectivity index (χ1) is 7.52. The van der Waals surface area contributed by atoms with Gasteiger partial charge in [-0.05, 0) is 38.7 Å². The molecule has 0 aromatic heterocycles. The molecule has 1 heterocycles. The molecule has 16 heavy (non-hydrogen) atoms. The molecule has 2 nitrogen and oxygen atoms in total. The van der Waals surface area contributed by atoms with Crippen LogP contribution in [0.3, 0.4) is 0 Å². The maximum Gasteiger partial charge on any atom is 0.123 e. The number of likely N-dealkylation sites (N-methyl/N-ethyl adjacent to an activating group) is 2. The number of rotatable bonds is 1. The van der Waals surface area contributed by atoms with Gasteiger partial charge in [-0.3, -0.25) is 4.90 Å². The molecular weight excluding hydrogens is 203 g/mol. The summed E-state index contributed by atoms with van der Waals surface area (Å²) in [4.78, 5) is 4.67. The van der Waals surface area contributed by atoms with Gasteiger partial charge in [0.2, 0.25) is 0 Å². The van der Waals surface area contributed by atoms with Gasteiger partial charge < -0.3 is 4.90 Å². The van der Waals surface area contributed by atoms with E-state index in [1.165, 1.54) is 5.56 Å². The van der Waals surface area contributed by atoms with Gasteiger partial charge in [-0.2, -0.15) is 0 Å². The molecule has 1 aliphatic heterocycles. The van der Waals surface area contributed by atoms with E-state index in [1.54, 1.807) is 12.1 Å². The van der Waals surface area contributed by atoms with Crippen LogP contribution in [0.4, 0.5) is 4.39 Å². The molecule has 1 aromatic rings. The number of piperazine rings is 1. The highest BCUT2D eigenvalue weighted by molar-refractivity contribution is 5.25. The van der Waals surface area contributed by atoms with E-state index in [1.807, 2.05) is 12.1 Å². The molecule has 2 rings (SSSR count). The van der Waals surface area contributed by atoms with Crippen LogP contribution in [0.15, 0.2) is 24.3 Å². The van der Waals surface area contributed by atoms with Crippen molar-refractivity contribution in [2.24, 2.45) is 0 Å². The van der Waals surface area contributed by atoms with Crippen LogP contribution in [0.2, 0.25) is 0 Å². The van der Waals surface area contributed by atoms with Crippen LogP contribution in [0, 0.1) is 5.82 Å². The summed E-state index contributed by atoms with van der Waals surface area (Å²) in [5.74, 6) is -0.167. The fourth-order valence-electron chi connectivity index (χ4n) is 2.41. The lowest BCUT2D eigenvalue weighted by Crippen LogP contribution is -2.56. The molecule has 1 atom stereocenters. The first-order valence-electron chi connectivity index (χ1n) is 5.68. The number of benzene rings is 1. The van der Waals surface area contributed by atoms with E-state index in [9.17, 15) is 4.39 Å². The van der Waals surface area contributed by atoms with E-state index in [0.717, 1.165) is 19.6 Å². The summed E-state index contributed by atoms with van der Waals surface area (Å²) in [7, 11) is 4.27. The summed E-state index contributed by atoms with van der Waals surface area (Å²) in [6.07, 6.45) is 0. The Bertz CT molecular complexity index is 363. The second kappa shape index (κ2) is 4.15. The second-order valence-corrected chi connectivity index (χ2v) is 4.94. The second-order valence-electron chi connectivity index (χ2n) is 4.94. The molecule has 1 aliphatic rings. The lowest BCUT2D eigenvalue weighted by Gasteiger charge is -2.46. The number of hydrogen-bond donors (Lipinski definition) is 0. The monoisotopic (exact) mass is 222 g/mol. The van der Waals surface area contributed by atoms with Crippen molar-refractivity contribution in [3.05, 3.63) is 35.6 Å². The molecule has 0 N–H and O–H groups in total. The minimum Gasteiger partial charge on any atom is -0.303 e. The van der Waals surface area contributed by atoms with Crippen LogP contribution in [-0.4, -0.2) is 43.5 Å². The fourth-order valence-corrected chi connectivity index (χ4v) is 2.41. The van der Waals surface area contributed by atoms with Gasteiger partial charge >= 0.3 is 0 Å². The van der Waals surface area contributed by atoms with Crippen LogP contribution in [0.25, 0.3) is 0 Å². The number of nitrogens with zero attached hydrogens (tertiary/aromatic N) is 2. The van der Waals surface area contributed by atoms with Crippen LogP contribution >= 0.6 is 0 Å². The molecule has 3 heteroatoms. The summed E-state index contributed by atoms with van der Waals surface area (Å²) in [5.41, 5.74) is 1.17. The third kappa shape index (κ3) is 1.97. The molecule has 1 unspecified atom stereocenters. The SMILES string of the molecule is CN1CCN(C)C(C)(c2ccc(F)cc2)C1. The zero-order valence-electron chi connectivity index (χ0n) is 10.2. The summed E-state index contributed by atoms with van der Waals surface area (Å²) in [6, 6.07) is 6.88. The van der Waals surface area contributed by atoms with Gasteiger partial charge in [-0.15, -0.1) is 0 Å². The van der Waals surface area contributed by atoms with E-state index >= 15 is 0 Å². The molecule has 1 fully saturated rings. The van der Waals surface area contributed by atoms with Crippen molar-refractivity contribution in [1.82, 2.24) is 9.80 Å². The molecule has 1 aromatic carbocycles. The minimum atomic E-state index is -0.167. The fraction of sp³-hybridized carbons (Fsp3) is 0.538. The number of halogens is 1. The van der Waals surface area contributed by atoms with Crippen molar-refractivity contribution < 1.29 is 4.39 Å². The molecule has 0 amide bonds. The lowest BCUT2D eigenvalue weighted by molar-refractivity contribution is 0.0379. The molecule has 1 saturated heterocycles. The molecule has 88 valence electrons. The Balaban J connectivity index is 2.32. The van der Waals surface area contributed by atoms with Crippen LogP contribution in [0.5, 0.6) is 0 Å². The van der Waals surface area contributed by atoms with E-state index < -0.39 is 0 Å². The Kier molecular flexibility index (Phi) is 3.00. The molecular formula is C13H19FN2. The van der Waals surface area contributed by atoms with Gasteiger partial charge in [-0.1, -0.05) is 12.1 Å². The Morgan fingerprint density at radius 3 is 2.38 bits per heavy atom. The highest BCUT2D eigenvalue weighted by Gasteiger charge is 2.35. The third-order valence-electron chi connectivity index (χ3n) is 3.70. The lowest BCUT2D eigenvalue weighted by atomic mass is 9.88. The van der Waals surface area contributed by atoms with Crippen LogP contribution in [0.1, 0.15) is 12.5 Å². The Hall–Kier alpha value is -0.930. The first kappa shape index (κ1) is 11.6. The average Bonchev–Trinajstić information content (AvgIpc) is 2.25. The normalized spacial score (nSPS) is 28.2. The van der Waals surface area contributed by atoms with Crippen molar-refractivity contribution in [2.45, 2.75) is 12.5 Å². The smallest absolute Gasteiger partial charge is 0.123 e. The van der Waals surface area contributed by atoms with Crippen LogP contribution < -0.4 is 0 Å². The Morgan fingerprint density at radius 2 is 1.75 bits per heavy atom. The molecule has 0 radical (unpaired) electrons. The average molecular weight is 222 g/mol. The van der Waals surface area contributed by atoms with Crippen molar-refractivity contribution in [1.29, 1.82) is 0 Å². The minimum absolute atomic E-state index is 0.0132. The predicted molar refractivity (Wildman–Crippen MR) is 63.9 cm³/mol. The van der Waals surface area contributed by atoms with Gasteiger partial charge in [0, 0.05) is 19.6 Å². The molecule has 0 saturated carbocycles. The van der Waals surface area contributed by atoms with E-state index in [2.05, 4.69) is 30.8 Å². The topological polar surface area (TPSA) is 6.48 Å². The summed E-state index contributed by atoms with van der Waals surface area (Å²) in [6.45, 7) is 5.34. The molecule has 0 bridgehead atoms. The van der Waals surface area contributed by atoms with E-state index in [0.29, 0.717) is 0 Å². The maximum absolute atomic E-state index is 12.9. The van der Waals surface area contributed by atoms with Crippen molar-refractivity contribution >= 4 is 0 Å². The first-order valence-corrected chi connectivity index (χ1v) is 5.68. The summed E-state index contributed by atoms with van der Waals surface area (Å²) >= 11 is 0. The number of hydrogen-bond acceptors (Lipinski definition) is 2. The molecule has 0 spiro atoms. The summed E-state index contributed by atoms with van der Waals surface area (Å²) in [5, 5.41) is 0. The van der Waals surface area contributed by atoms with Gasteiger partial charge in [0.25, 0.3) is 0 Å². The van der Waals surface area contributed by atoms with Gasteiger partial charge in [-0.25, -0.2) is 4.39 Å². The third-order valence-corrected chi connectivity index (χ3v) is 3.70. The van der Waals surface area contributed by atoms with Crippen molar-refractivity contribution in [3.63, 3.8) is 0 Å². The Labute approximate surface area is 96.7 Å². The van der Waals surface area contributed by atoms with E-state index in [-0.39, 0.29) is 11.4 Å².